The molecule has 2 aromatic rings. The van der Waals surface area contributed by atoms with Crippen LogP contribution in [0.4, 0.5) is 0 Å². The van der Waals surface area contributed by atoms with Gasteiger partial charge in [-0.25, -0.2) is 0 Å². The first-order valence-corrected chi connectivity index (χ1v) is 5.45. The van der Waals surface area contributed by atoms with Gasteiger partial charge in [0, 0.05) is 0 Å². The van der Waals surface area contributed by atoms with Gasteiger partial charge < -0.3 is 0 Å². The summed E-state index contributed by atoms with van der Waals surface area (Å²) in [6, 6.07) is 22.1. The van der Waals surface area contributed by atoms with E-state index in [0.717, 1.165) is 12.8 Å². The Labute approximate surface area is 91.6 Å². The molecule has 0 aliphatic carbocycles. The average molecular weight is 195 g/mol. The summed E-state index contributed by atoms with van der Waals surface area (Å²) in [6.45, 7) is 0. The lowest BCUT2D eigenvalue weighted by Gasteiger charge is -2.01. The van der Waals surface area contributed by atoms with Crippen LogP contribution in [0.1, 0.15) is 17.5 Å². The molecule has 2 aromatic carbocycles. The van der Waals surface area contributed by atoms with Gasteiger partial charge in [0.25, 0.3) is 0 Å². The molecule has 0 N–H and O–H groups in total. The highest BCUT2D eigenvalue weighted by Crippen LogP contribution is 2.07. The molecule has 1 radical (unpaired) electrons. The van der Waals surface area contributed by atoms with Crippen molar-refractivity contribution in [3.63, 3.8) is 0 Å². The summed E-state index contributed by atoms with van der Waals surface area (Å²) < 4.78 is 0. The quantitative estimate of drug-likeness (QED) is 0.698. The van der Waals surface area contributed by atoms with Crippen LogP contribution in [-0.2, 0) is 12.8 Å². The highest BCUT2D eigenvalue weighted by molar-refractivity contribution is 5.16. The molecule has 0 amide bonds. The third-order valence-corrected chi connectivity index (χ3v) is 2.53. The molecule has 0 saturated heterocycles. The maximum atomic E-state index is 3.25. The summed E-state index contributed by atoms with van der Waals surface area (Å²) in [4.78, 5) is 0. The van der Waals surface area contributed by atoms with Crippen LogP contribution in [0.5, 0.6) is 0 Å². The van der Waals surface area contributed by atoms with E-state index in [1.54, 1.807) is 0 Å². The maximum absolute atomic E-state index is 3.25. The Bertz CT molecular complexity index is 336. The van der Waals surface area contributed by atoms with Gasteiger partial charge in [0.05, 0.1) is 0 Å². The molecule has 0 aliphatic heterocycles. The van der Waals surface area contributed by atoms with E-state index in [0.29, 0.717) is 0 Å². The van der Waals surface area contributed by atoms with Crippen molar-refractivity contribution in [2.45, 2.75) is 19.3 Å². The van der Waals surface area contributed by atoms with Gasteiger partial charge in [0.2, 0.25) is 0 Å². The van der Waals surface area contributed by atoms with Gasteiger partial charge >= 0.3 is 0 Å². The summed E-state index contributed by atoms with van der Waals surface area (Å²) >= 11 is 0. The van der Waals surface area contributed by atoms with E-state index in [1.807, 2.05) is 12.1 Å². The molecule has 0 bridgehead atoms. The maximum Gasteiger partial charge on any atom is -0.0149 e. The van der Waals surface area contributed by atoms with Crippen molar-refractivity contribution in [2.75, 3.05) is 0 Å². The standard InChI is InChI=1S/C15H15/c1-3-8-14(9-4-1)12-7-13-15-10-5-2-6-11-15/h1-6,8-10H,7,12-13H2. The Kier molecular flexibility index (Phi) is 3.56. The second-order valence-corrected chi connectivity index (χ2v) is 3.73. The SMILES string of the molecule is [c]1ccccc1CCCc1ccccc1. The minimum Gasteiger partial charge on any atom is -0.0622 e. The monoisotopic (exact) mass is 195 g/mol. The fourth-order valence-electron chi connectivity index (χ4n) is 1.71. The zero-order chi connectivity index (χ0) is 10.3. The number of benzene rings is 2. The van der Waals surface area contributed by atoms with Crippen LogP contribution in [0.3, 0.4) is 0 Å². The van der Waals surface area contributed by atoms with Crippen molar-refractivity contribution in [1.29, 1.82) is 0 Å². The Hall–Kier alpha value is -1.56. The second kappa shape index (κ2) is 5.35. The minimum atomic E-state index is 1.12. The van der Waals surface area contributed by atoms with Gasteiger partial charge in [-0.15, -0.1) is 0 Å². The lowest BCUT2D eigenvalue weighted by Crippen LogP contribution is -1.89. The highest BCUT2D eigenvalue weighted by atomic mass is 14.0. The zero-order valence-corrected chi connectivity index (χ0v) is 8.82. The number of rotatable bonds is 4. The number of hydrogen-bond acceptors (Lipinski definition) is 0. The first-order valence-electron chi connectivity index (χ1n) is 5.45. The molecule has 0 nitrogen and oxygen atoms in total. The molecule has 0 unspecified atom stereocenters. The van der Waals surface area contributed by atoms with Crippen LogP contribution >= 0.6 is 0 Å². The molecule has 0 aliphatic rings. The summed E-state index contributed by atoms with van der Waals surface area (Å²) in [5, 5.41) is 0. The third kappa shape index (κ3) is 3.25. The van der Waals surface area contributed by atoms with Crippen molar-refractivity contribution in [3.8, 4) is 0 Å². The predicted octanol–water partition coefficient (Wildman–Crippen LogP) is 3.66. The van der Waals surface area contributed by atoms with Gasteiger partial charge in [-0.1, -0.05) is 54.6 Å². The average Bonchev–Trinajstić information content (AvgIpc) is 2.32. The zero-order valence-electron chi connectivity index (χ0n) is 8.82. The third-order valence-electron chi connectivity index (χ3n) is 2.53. The largest absolute Gasteiger partial charge is 0.0622 e. The van der Waals surface area contributed by atoms with Gasteiger partial charge in [-0.2, -0.15) is 0 Å². The van der Waals surface area contributed by atoms with Crippen molar-refractivity contribution in [2.24, 2.45) is 0 Å². The Morgan fingerprint density at radius 3 is 2.33 bits per heavy atom. The molecule has 0 spiro atoms. The molecule has 0 atom stereocenters. The molecule has 0 heterocycles. The van der Waals surface area contributed by atoms with E-state index in [9.17, 15) is 0 Å². The molecule has 15 heavy (non-hydrogen) atoms. The predicted molar refractivity (Wildman–Crippen MR) is 63.7 cm³/mol. The first kappa shape index (κ1) is 9.97. The van der Waals surface area contributed by atoms with Crippen LogP contribution < -0.4 is 0 Å². The normalized spacial score (nSPS) is 10.1. The number of hydrogen-bond donors (Lipinski definition) is 0. The minimum absolute atomic E-state index is 1.12. The lowest BCUT2D eigenvalue weighted by molar-refractivity contribution is 0.820. The summed E-state index contributed by atoms with van der Waals surface area (Å²) in [7, 11) is 0. The van der Waals surface area contributed by atoms with E-state index >= 15 is 0 Å². The van der Waals surface area contributed by atoms with Crippen molar-refractivity contribution < 1.29 is 0 Å². The van der Waals surface area contributed by atoms with E-state index in [4.69, 9.17) is 0 Å². The van der Waals surface area contributed by atoms with Gasteiger partial charge in [0.15, 0.2) is 0 Å². The van der Waals surface area contributed by atoms with Crippen LogP contribution in [0.25, 0.3) is 0 Å². The Balaban J connectivity index is 1.81. The van der Waals surface area contributed by atoms with Crippen LogP contribution in [-0.4, -0.2) is 0 Å². The number of aryl methyl sites for hydroxylation is 2. The molecule has 0 saturated carbocycles. The van der Waals surface area contributed by atoms with E-state index in [2.05, 4.69) is 48.5 Å². The summed E-state index contributed by atoms with van der Waals surface area (Å²) in [5.41, 5.74) is 2.74. The molecular weight excluding hydrogens is 180 g/mol. The van der Waals surface area contributed by atoms with E-state index < -0.39 is 0 Å². The topological polar surface area (TPSA) is 0 Å². The highest BCUT2D eigenvalue weighted by Gasteiger charge is 1.94. The smallest absolute Gasteiger partial charge is 0.0149 e. The molecule has 0 heteroatoms. The van der Waals surface area contributed by atoms with Crippen molar-refractivity contribution in [3.05, 3.63) is 71.8 Å². The van der Waals surface area contributed by atoms with Crippen LogP contribution in [0.2, 0.25) is 0 Å². The van der Waals surface area contributed by atoms with Gasteiger partial charge in [-0.3, -0.25) is 0 Å². The van der Waals surface area contributed by atoms with Gasteiger partial charge in [0.1, 0.15) is 0 Å². The molecule has 2 rings (SSSR count). The fourth-order valence-corrected chi connectivity index (χ4v) is 1.71. The molecule has 75 valence electrons. The van der Waals surface area contributed by atoms with E-state index in [1.165, 1.54) is 17.5 Å². The molecular formula is C15H15. The van der Waals surface area contributed by atoms with Crippen LogP contribution in [0, 0.1) is 6.07 Å². The van der Waals surface area contributed by atoms with Crippen molar-refractivity contribution in [1.82, 2.24) is 0 Å². The Morgan fingerprint density at radius 1 is 0.800 bits per heavy atom. The summed E-state index contributed by atoms with van der Waals surface area (Å²) in [6.07, 6.45) is 3.48. The van der Waals surface area contributed by atoms with Crippen molar-refractivity contribution >= 4 is 0 Å². The Morgan fingerprint density at radius 2 is 1.60 bits per heavy atom. The molecule has 0 aromatic heterocycles. The van der Waals surface area contributed by atoms with Crippen LogP contribution in [0.15, 0.2) is 54.6 Å². The second-order valence-electron chi connectivity index (χ2n) is 3.73. The van der Waals surface area contributed by atoms with E-state index in [-0.39, 0.29) is 0 Å². The first-order chi connectivity index (χ1) is 7.45. The fraction of sp³-hybridized carbons (Fsp3) is 0.200. The van der Waals surface area contributed by atoms with Gasteiger partial charge in [-0.05, 0) is 36.5 Å². The summed E-state index contributed by atoms with van der Waals surface area (Å²) in [5.74, 6) is 0. The lowest BCUT2D eigenvalue weighted by atomic mass is 10.0. The molecule has 0 fully saturated rings.